The lowest BCUT2D eigenvalue weighted by molar-refractivity contribution is -0.144. The molecule has 0 aliphatic carbocycles. The largest absolute Gasteiger partial charge is 0.380 e. The smallest absolute Gasteiger partial charge is 0.224 e. The third kappa shape index (κ3) is 5.28. The lowest BCUT2D eigenvalue weighted by Gasteiger charge is -2.36. The highest BCUT2D eigenvalue weighted by atomic mass is 16.5. The molecule has 0 bridgehead atoms. The quantitative estimate of drug-likeness (QED) is 0.799. The average molecular weight is 364 g/mol. The van der Waals surface area contributed by atoms with E-state index in [1.54, 1.807) is 6.20 Å². The Kier molecular flexibility index (Phi) is 7.02. The fraction of sp³-hybridized carbons (Fsp3) is 0.722. The molecule has 0 spiro atoms. The standard InChI is InChI=1S/C18H28N4O4/c23-17(4-1-3-15-12-19-20-13-15)22-7-10-26-14-16(22)11-18(24)21-5-2-8-25-9-6-21/h12-13,16H,1-11,14H2,(H,19,20). The van der Waals surface area contributed by atoms with Crippen LogP contribution in [0.2, 0.25) is 0 Å². The number of ether oxygens (including phenoxy) is 2. The Morgan fingerprint density at radius 1 is 1.15 bits per heavy atom. The lowest BCUT2D eigenvalue weighted by Crippen LogP contribution is -2.51. The predicted octanol–water partition coefficient (Wildman–Crippen LogP) is 0.599. The highest BCUT2D eigenvalue weighted by Gasteiger charge is 2.30. The molecule has 3 rings (SSSR count). The molecule has 3 heterocycles. The van der Waals surface area contributed by atoms with Gasteiger partial charge in [-0.25, -0.2) is 0 Å². The minimum Gasteiger partial charge on any atom is -0.380 e. The van der Waals surface area contributed by atoms with Crippen LogP contribution in [0.1, 0.15) is 31.2 Å². The second-order valence-electron chi connectivity index (χ2n) is 6.83. The maximum atomic E-state index is 12.7. The maximum Gasteiger partial charge on any atom is 0.224 e. The molecule has 2 aliphatic heterocycles. The van der Waals surface area contributed by atoms with E-state index in [1.807, 2.05) is 16.0 Å². The van der Waals surface area contributed by atoms with E-state index >= 15 is 0 Å². The highest BCUT2D eigenvalue weighted by molar-refractivity contribution is 5.80. The van der Waals surface area contributed by atoms with Crippen molar-refractivity contribution in [1.82, 2.24) is 20.0 Å². The van der Waals surface area contributed by atoms with E-state index in [9.17, 15) is 9.59 Å². The van der Waals surface area contributed by atoms with Gasteiger partial charge in [0.1, 0.15) is 0 Å². The zero-order valence-corrected chi connectivity index (χ0v) is 15.2. The van der Waals surface area contributed by atoms with Crippen molar-refractivity contribution in [2.45, 2.75) is 38.1 Å². The van der Waals surface area contributed by atoms with Gasteiger partial charge in [-0.05, 0) is 24.8 Å². The van der Waals surface area contributed by atoms with Gasteiger partial charge in [0.2, 0.25) is 11.8 Å². The van der Waals surface area contributed by atoms with E-state index < -0.39 is 0 Å². The van der Waals surface area contributed by atoms with Crippen LogP contribution in [0.4, 0.5) is 0 Å². The van der Waals surface area contributed by atoms with Gasteiger partial charge >= 0.3 is 0 Å². The number of hydrogen-bond donors (Lipinski definition) is 1. The van der Waals surface area contributed by atoms with Gasteiger partial charge in [0, 0.05) is 45.3 Å². The van der Waals surface area contributed by atoms with E-state index in [0.717, 1.165) is 31.4 Å². The minimum absolute atomic E-state index is 0.0854. The van der Waals surface area contributed by atoms with Crippen LogP contribution in [0.15, 0.2) is 12.4 Å². The zero-order chi connectivity index (χ0) is 18.2. The molecule has 2 aliphatic rings. The van der Waals surface area contributed by atoms with Gasteiger partial charge in [0.05, 0.1) is 32.1 Å². The molecule has 144 valence electrons. The molecule has 1 aromatic rings. The first-order valence-corrected chi connectivity index (χ1v) is 9.44. The SMILES string of the molecule is O=C(CC1COCCN1C(=O)CCCc1cn[nH]c1)N1CCCOCC1. The molecule has 26 heavy (non-hydrogen) atoms. The van der Waals surface area contributed by atoms with Crippen molar-refractivity contribution in [3.05, 3.63) is 18.0 Å². The van der Waals surface area contributed by atoms with Crippen LogP contribution in [-0.4, -0.2) is 83.9 Å². The van der Waals surface area contributed by atoms with Gasteiger partial charge in [0.15, 0.2) is 0 Å². The molecule has 0 aromatic carbocycles. The molecule has 1 N–H and O–H groups in total. The number of rotatable bonds is 6. The van der Waals surface area contributed by atoms with Crippen molar-refractivity contribution in [1.29, 1.82) is 0 Å². The Morgan fingerprint density at radius 2 is 2.04 bits per heavy atom. The van der Waals surface area contributed by atoms with E-state index in [4.69, 9.17) is 9.47 Å². The molecule has 1 unspecified atom stereocenters. The van der Waals surface area contributed by atoms with Crippen LogP contribution < -0.4 is 0 Å². The number of carbonyl (C=O) groups excluding carboxylic acids is 2. The monoisotopic (exact) mass is 364 g/mol. The van der Waals surface area contributed by atoms with Gasteiger partial charge < -0.3 is 19.3 Å². The summed E-state index contributed by atoms with van der Waals surface area (Å²) in [5.74, 6) is 0.191. The Labute approximate surface area is 153 Å². The first-order chi connectivity index (χ1) is 12.7. The predicted molar refractivity (Wildman–Crippen MR) is 94.5 cm³/mol. The molecule has 1 atom stereocenters. The maximum absolute atomic E-state index is 12.7. The van der Waals surface area contributed by atoms with Gasteiger partial charge in [-0.15, -0.1) is 0 Å². The zero-order valence-electron chi connectivity index (χ0n) is 15.2. The number of hydrogen-bond acceptors (Lipinski definition) is 5. The van der Waals surface area contributed by atoms with Crippen LogP contribution in [0.3, 0.4) is 0 Å². The van der Waals surface area contributed by atoms with Gasteiger partial charge in [0.25, 0.3) is 0 Å². The summed E-state index contributed by atoms with van der Waals surface area (Å²) in [5.41, 5.74) is 1.11. The number of amides is 2. The fourth-order valence-corrected chi connectivity index (χ4v) is 3.48. The molecule has 2 amide bonds. The number of nitrogens with zero attached hydrogens (tertiary/aromatic N) is 3. The minimum atomic E-state index is -0.165. The summed E-state index contributed by atoms with van der Waals surface area (Å²) in [6, 6.07) is -0.165. The molecule has 1 aromatic heterocycles. The molecule has 8 nitrogen and oxygen atoms in total. The number of aromatic nitrogens is 2. The van der Waals surface area contributed by atoms with Crippen LogP contribution >= 0.6 is 0 Å². The van der Waals surface area contributed by atoms with Crippen molar-refractivity contribution in [2.75, 3.05) is 46.1 Å². The molecule has 2 fully saturated rings. The number of H-pyrrole nitrogens is 1. The first kappa shape index (κ1) is 18.8. The molecule has 0 radical (unpaired) electrons. The van der Waals surface area contributed by atoms with E-state index in [1.165, 1.54) is 0 Å². The number of aromatic amines is 1. The Balaban J connectivity index is 1.49. The van der Waals surface area contributed by atoms with Crippen LogP contribution in [0.25, 0.3) is 0 Å². The molecule has 0 saturated carbocycles. The van der Waals surface area contributed by atoms with Gasteiger partial charge in [-0.3, -0.25) is 14.7 Å². The summed E-state index contributed by atoms with van der Waals surface area (Å²) in [5, 5.41) is 6.70. The summed E-state index contributed by atoms with van der Waals surface area (Å²) in [7, 11) is 0. The normalized spacial score (nSPS) is 21.5. The summed E-state index contributed by atoms with van der Waals surface area (Å²) in [4.78, 5) is 29.0. The summed E-state index contributed by atoms with van der Waals surface area (Å²) in [6.45, 7) is 4.18. The van der Waals surface area contributed by atoms with Crippen LogP contribution in [0, 0.1) is 0 Å². The summed E-state index contributed by atoms with van der Waals surface area (Å²) < 4.78 is 10.9. The molecular formula is C18H28N4O4. The van der Waals surface area contributed by atoms with E-state index in [-0.39, 0.29) is 17.9 Å². The second-order valence-corrected chi connectivity index (χ2v) is 6.83. The molecular weight excluding hydrogens is 336 g/mol. The van der Waals surface area contributed by atoms with E-state index in [0.29, 0.717) is 52.4 Å². The van der Waals surface area contributed by atoms with Gasteiger partial charge in [-0.2, -0.15) is 5.10 Å². The number of morpholine rings is 1. The Hall–Kier alpha value is -1.93. The van der Waals surface area contributed by atoms with Crippen molar-refractivity contribution < 1.29 is 19.1 Å². The molecule has 8 heteroatoms. The topological polar surface area (TPSA) is 87.8 Å². The summed E-state index contributed by atoms with van der Waals surface area (Å²) in [6.07, 6.45) is 6.91. The van der Waals surface area contributed by atoms with Crippen molar-refractivity contribution in [3.63, 3.8) is 0 Å². The van der Waals surface area contributed by atoms with E-state index in [2.05, 4.69) is 10.2 Å². The summed E-state index contributed by atoms with van der Waals surface area (Å²) >= 11 is 0. The Bertz CT molecular complexity index is 570. The van der Waals surface area contributed by atoms with Gasteiger partial charge in [-0.1, -0.05) is 0 Å². The van der Waals surface area contributed by atoms with Crippen molar-refractivity contribution in [2.24, 2.45) is 0 Å². The lowest BCUT2D eigenvalue weighted by atomic mass is 10.1. The van der Waals surface area contributed by atoms with Crippen molar-refractivity contribution in [3.8, 4) is 0 Å². The average Bonchev–Trinajstić information content (AvgIpc) is 3.01. The first-order valence-electron chi connectivity index (χ1n) is 9.44. The van der Waals surface area contributed by atoms with Crippen LogP contribution in [-0.2, 0) is 25.5 Å². The Morgan fingerprint density at radius 3 is 2.88 bits per heavy atom. The second kappa shape index (κ2) is 9.68. The molecule has 2 saturated heterocycles. The van der Waals surface area contributed by atoms with Crippen molar-refractivity contribution >= 4 is 11.8 Å². The van der Waals surface area contributed by atoms with Crippen LogP contribution in [0.5, 0.6) is 0 Å². The number of carbonyl (C=O) groups is 2. The highest BCUT2D eigenvalue weighted by Crippen LogP contribution is 2.16. The fourth-order valence-electron chi connectivity index (χ4n) is 3.48. The number of nitrogens with one attached hydrogen (secondary N) is 1. The number of aryl methyl sites for hydroxylation is 1. The third-order valence-corrected chi connectivity index (χ3v) is 4.94. The third-order valence-electron chi connectivity index (χ3n) is 4.94.